The molecule has 1 radical (unpaired) electrons. The molecule has 0 aromatic heterocycles. The van der Waals surface area contributed by atoms with Gasteiger partial charge in [0.05, 0.1) is 12.1 Å². The maximum Gasteiger partial charge on any atom is 2.00 e. The van der Waals surface area contributed by atoms with Gasteiger partial charge in [0.25, 0.3) is 0 Å². The summed E-state index contributed by atoms with van der Waals surface area (Å²) in [4.78, 5) is 27.8. The molecule has 0 spiro atoms. The van der Waals surface area contributed by atoms with E-state index in [9.17, 15) is 10.2 Å². The molecule has 2 unspecified atom stereocenters. The van der Waals surface area contributed by atoms with Crippen molar-refractivity contribution in [1.82, 2.24) is 0 Å². The van der Waals surface area contributed by atoms with Gasteiger partial charge in [-0.2, -0.15) is 0 Å². The summed E-state index contributed by atoms with van der Waals surface area (Å²) in [6.45, 7) is 10.3. The number of phenolic OH excluding ortho intramolecular Hbond substituents is 2. The molecule has 1 fully saturated rings. The summed E-state index contributed by atoms with van der Waals surface area (Å²) in [5, 5.41) is 40.1. The van der Waals surface area contributed by atoms with Crippen LogP contribution in [0.15, 0.2) is 94.9 Å². The van der Waals surface area contributed by atoms with E-state index in [1.807, 2.05) is 61.0 Å². The molecule has 4 aromatic rings. The van der Waals surface area contributed by atoms with Crippen LogP contribution < -0.4 is 10.2 Å². The van der Waals surface area contributed by atoms with Gasteiger partial charge in [-0.1, -0.05) is 101 Å². The number of hydrogen-bond donors (Lipinski definition) is 2. The number of nitrogens with zero attached hydrogens (tertiary/aromatic N) is 2. The van der Waals surface area contributed by atoms with Crippen LogP contribution in [0.1, 0.15) is 101 Å². The molecular formula is C42H48CoN2O6. The van der Waals surface area contributed by atoms with E-state index in [4.69, 9.17) is 29.8 Å². The fourth-order valence-electron chi connectivity index (χ4n) is 5.82. The molecule has 9 heteroatoms. The third-order valence-electron chi connectivity index (χ3n) is 8.30. The Hall–Kier alpha value is -4.73. The molecule has 2 N–H and O–H groups in total. The first-order valence-electron chi connectivity index (χ1n) is 17.0. The molecule has 0 heterocycles. The number of benzene rings is 4. The van der Waals surface area contributed by atoms with Crippen LogP contribution in [-0.2, 0) is 26.4 Å². The molecule has 0 aliphatic heterocycles. The van der Waals surface area contributed by atoms with Crippen LogP contribution in [0.2, 0.25) is 0 Å². The van der Waals surface area contributed by atoms with E-state index in [-0.39, 0.29) is 40.7 Å². The van der Waals surface area contributed by atoms with Crippen molar-refractivity contribution in [3.05, 3.63) is 107 Å². The molecule has 2 atom stereocenters. The van der Waals surface area contributed by atoms with Gasteiger partial charge >= 0.3 is 16.8 Å². The minimum atomic E-state index is -1.08. The van der Waals surface area contributed by atoms with Crippen molar-refractivity contribution in [2.24, 2.45) is 9.98 Å². The van der Waals surface area contributed by atoms with E-state index in [1.54, 1.807) is 0 Å². The Morgan fingerprint density at radius 1 is 0.627 bits per heavy atom. The Kier molecular flexibility index (Phi) is 17.3. The van der Waals surface area contributed by atoms with Crippen LogP contribution in [0.4, 0.5) is 0 Å². The smallest absolute Gasteiger partial charge is 0.550 e. The standard InChI is InChI=1S/C38H42N2O2.2C2H4O2.Co/c1-25(2)33-21-29(27-13-7-5-8-14-27)19-31(37(33)41)23-39-35-17-11-12-18-36(35)40-24-32-20-30(28-15-9-6-10-16-28)22-34(26(3)4)38(32)42;2*1-2(3)4;/h5-10,13-16,19-26,35-36,41-42H,11-12,17-18H2,1-4H3;2*1H3,(H,3,4);/q;;;+2/p-2. The topological polar surface area (TPSA) is 145 Å². The first-order chi connectivity index (χ1) is 23.8. The number of hydrogen-bond acceptors (Lipinski definition) is 8. The number of rotatable bonds is 8. The Bertz CT molecular complexity index is 1630. The van der Waals surface area contributed by atoms with Crippen molar-refractivity contribution in [2.75, 3.05) is 0 Å². The van der Waals surface area contributed by atoms with E-state index >= 15 is 0 Å². The van der Waals surface area contributed by atoms with Gasteiger partial charge in [-0.05, 0) is 96.2 Å². The summed E-state index contributed by atoms with van der Waals surface area (Å²) >= 11 is 0. The molecule has 1 saturated carbocycles. The summed E-state index contributed by atoms with van der Waals surface area (Å²) in [5.41, 5.74) is 7.71. The Labute approximate surface area is 312 Å². The quantitative estimate of drug-likeness (QED) is 0.186. The fraction of sp³-hybridized carbons (Fsp3) is 0.333. The van der Waals surface area contributed by atoms with Crippen LogP contribution >= 0.6 is 0 Å². The SMILES string of the molecule is CC(=O)[O-].CC(=O)[O-].CC(C)c1cc(-c2ccccc2)cc(C=NC2CCCCC2N=Cc2cc(-c3ccccc3)cc(C(C)C)c2O)c1O.[Co+2]. The molecule has 271 valence electrons. The van der Waals surface area contributed by atoms with Gasteiger partial charge in [-0.3, -0.25) is 9.98 Å². The second-order valence-electron chi connectivity index (χ2n) is 13.0. The van der Waals surface area contributed by atoms with Crippen molar-refractivity contribution in [1.29, 1.82) is 0 Å². The second-order valence-corrected chi connectivity index (χ2v) is 13.0. The molecule has 8 nitrogen and oxygen atoms in total. The van der Waals surface area contributed by atoms with Gasteiger partial charge in [-0.25, -0.2) is 0 Å². The molecule has 51 heavy (non-hydrogen) atoms. The van der Waals surface area contributed by atoms with Crippen LogP contribution in [0, 0.1) is 0 Å². The zero-order valence-electron chi connectivity index (χ0n) is 30.1. The van der Waals surface area contributed by atoms with Gasteiger partial charge in [-0.15, -0.1) is 0 Å². The molecule has 0 amide bonds. The minimum absolute atomic E-state index is 0. The van der Waals surface area contributed by atoms with Crippen LogP contribution in [0.25, 0.3) is 22.3 Å². The zero-order valence-corrected chi connectivity index (χ0v) is 31.2. The van der Waals surface area contributed by atoms with Gasteiger partial charge in [0.1, 0.15) is 11.5 Å². The number of aliphatic imine (C=N–C) groups is 2. The largest absolute Gasteiger partial charge is 2.00 e. The van der Waals surface area contributed by atoms with Gasteiger partial charge in [0.2, 0.25) is 0 Å². The van der Waals surface area contributed by atoms with Crippen molar-refractivity contribution < 1.29 is 46.8 Å². The van der Waals surface area contributed by atoms with Crippen molar-refractivity contribution in [2.45, 2.75) is 91.1 Å². The fourth-order valence-corrected chi connectivity index (χ4v) is 5.82. The Balaban J connectivity index is 0.000000908. The normalized spacial score (nSPS) is 15.5. The predicted octanol–water partition coefficient (Wildman–Crippen LogP) is 7.04. The van der Waals surface area contributed by atoms with Gasteiger partial charge < -0.3 is 30.0 Å². The number of aliphatic carboxylic acids is 2. The predicted molar refractivity (Wildman–Crippen MR) is 198 cm³/mol. The van der Waals surface area contributed by atoms with Gasteiger partial charge in [0.15, 0.2) is 0 Å². The average Bonchev–Trinajstić information content (AvgIpc) is 3.07. The molecular weight excluding hydrogens is 687 g/mol. The number of carbonyl (C=O) groups is 2. The average molecular weight is 736 g/mol. The van der Waals surface area contributed by atoms with Crippen molar-refractivity contribution in [3.63, 3.8) is 0 Å². The maximum atomic E-state index is 11.2. The third kappa shape index (κ3) is 13.2. The van der Waals surface area contributed by atoms with E-state index in [1.165, 1.54) is 0 Å². The number of carboxylic acids is 2. The summed E-state index contributed by atoms with van der Waals surface area (Å²) in [6, 6.07) is 28.8. The number of carboxylic acid groups (broad SMARTS) is 2. The van der Waals surface area contributed by atoms with Crippen LogP contribution in [0.3, 0.4) is 0 Å². The summed E-state index contributed by atoms with van der Waals surface area (Å²) < 4.78 is 0. The van der Waals surface area contributed by atoms with Crippen molar-refractivity contribution >= 4 is 24.4 Å². The van der Waals surface area contributed by atoms with Crippen molar-refractivity contribution in [3.8, 4) is 33.8 Å². The minimum Gasteiger partial charge on any atom is -0.550 e. The number of carbonyl (C=O) groups excluding carboxylic acids is 2. The van der Waals surface area contributed by atoms with E-state index < -0.39 is 11.9 Å². The summed E-state index contributed by atoms with van der Waals surface area (Å²) in [5.74, 6) is -1.20. The number of phenols is 2. The first kappa shape index (κ1) is 42.4. The second kappa shape index (κ2) is 20.8. The molecule has 0 bridgehead atoms. The van der Waals surface area contributed by atoms with Gasteiger partial charge in [0, 0.05) is 35.5 Å². The first-order valence-corrected chi connectivity index (χ1v) is 17.0. The molecule has 4 aromatic carbocycles. The molecule has 5 rings (SSSR count). The third-order valence-corrected chi connectivity index (χ3v) is 8.30. The van der Waals surface area contributed by atoms with Crippen LogP contribution in [0.5, 0.6) is 11.5 Å². The molecule has 1 aliphatic rings. The number of aromatic hydroxyl groups is 2. The van der Waals surface area contributed by atoms with E-state index in [0.717, 1.165) is 84.0 Å². The zero-order chi connectivity index (χ0) is 36.8. The summed E-state index contributed by atoms with van der Waals surface area (Å²) in [6.07, 6.45) is 7.79. The maximum absolute atomic E-state index is 11.2. The van der Waals surface area contributed by atoms with E-state index in [0.29, 0.717) is 11.5 Å². The monoisotopic (exact) mass is 735 g/mol. The van der Waals surface area contributed by atoms with E-state index in [2.05, 4.69) is 64.1 Å². The Morgan fingerprint density at radius 2 is 0.941 bits per heavy atom. The molecule has 0 saturated heterocycles. The molecule has 1 aliphatic carbocycles. The van der Waals surface area contributed by atoms with Crippen LogP contribution in [-0.4, -0.2) is 46.7 Å². The Morgan fingerprint density at radius 3 is 1.24 bits per heavy atom. The summed E-state index contributed by atoms with van der Waals surface area (Å²) in [7, 11) is 0.